The van der Waals surface area contributed by atoms with Crippen LogP contribution in [0.5, 0.6) is 11.5 Å². The molecule has 9 nitrogen and oxygen atoms in total. The third-order valence-corrected chi connectivity index (χ3v) is 8.57. The Balaban J connectivity index is 1.22. The van der Waals surface area contributed by atoms with Gasteiger partial charge in [-0.15, -0.1) is 0 Å². The van der Waals surface area contributed by atoms with Crippen molar-refractivity contribution in [3.63, 3.8) is 0 Å². The molecule has 1 aliphatic rings. The Morgan fingerprint density at radius 1 is 0.955 bits per heavy atom. The summed E-state index contributed by atoms with van der Waals surface area (Å²) in [7, 11) is -3.54. The number of nitrogens with zero attached hydrogens (tertiary/aromatic N) is 1. The molecule has 1 aliphatic carbocycles. The van der Waals surface area contributed by atoms with Crippen molar-refractivity contribution < 1.29 is 27.8 Å². The summed E-state index contributed by atoms with van der Waals surface area (Å²) in [6.45, 7) is 6.14. The van der Waals surface area contributed by atoms with E-state index in [4.69, 9.17) is 9.47 Å². The number of benzene rings is 3. The van der Waals surface area contributed by atoms with Crippen LogP contribution in [0.15, 0.2) is 72.8 Å². The molecule has 4 rings (SSSR count). The van der Waals surface area contributed by atoms with Crippen molar-refractivity contribution >= 4 is 21.6 Å². The van der Waals surface area contributed by atoms with E-state index in [1.165, 1.54) is 5.56 Å². The Labute approximate surface area is 261 Å². The number of rotatable bonds is 15. The van der Waals surface area contributed by atoms with Gasteiger partial charge >= 0.3 is 0 Å². The van der Waals surface area contributed by atoms with Crippen LogP contribution in [0, 0.1) is 0 Å². The topological polar surface area (TPSA) is 117 Å². The lowest BCUT2D eigenvalue weighted by Gasteiger charge is -2.30. The molecule has 0 bridgehead atoms. The van der Waals surface area contributed by atoms with Crippen LogP contribution in [-0.2, 0) is 16.6 Å². The number of amides is 1. The molecule has 0 aromatic heterocycles. The molecular formula is C34H45N3O6S. The molecule has 0 spiro atoms. The van der Waals surface area contributed by atoms with Crippen LogP contribution in [0.4, 0.5) is 5.69 Å². The van der Waals surface area contributed by atoms with E-state index < -0.39 is 16.1 Å². The number of carbonyl (C=O) groups excluding carboxylic acids is 1. The Morgan fingerprint density at radius 3 is 2.27 bits per heavy atom. The van der Waals surface area contributed by atoms with Gasteiger partial charge in [0.1, 0.15) is 30.8 Å². The predicted molar refractivity (Wildman–Crippen MR) is 174 cm³/mol. The number of ether oxygens (including phenoxy) is 2. The second kappa shape index (κ2) is 15.9. The van der Waals surface area contributed by atoms with Crippen molar-refractivity contribution in [1.29, 1.82) is 0 Å². The molecule has 10 heteroatoms. The highest BCUT2D eigenvalue weighted by Crippen LogP contribution is 2.33. The maximum absolute atomic E-state index is 12.6. The monoisotopic (exact) mass is 623 g/mol. The van der Waals surface area contributed by atoms with Crippen molar-refractivity contribution in [3.8, 4) is 11.5 Å². The van der Waals surface area contributed by atoms with Crippen LogP contribution in [0.1, 0.15) is 66.9 Å². The average molecular weight is 624 g/mol. The molecule has 0 heterocycles. The van der Waals surface area contributed by atoms with Crippen LogP contribution >= 0.6 is 0 Å². The number of anilines is 1. The fraction of sp³-hybridized carbons (Fsp3) is 0.441. The number of carbonyl (C=O) groups is 1. The summed E-state index contributed by atoms with van der Waals surface area (Å²) in [5, 5.41) is 14.1. The summed E-state index contributed by atoms with van der Waals surface area (Å²) < 4.78 is 38.1. The average Bonchev–Trinajstić information content (AvgIpc) is 3.03. The van der Waals surface area contributed by atoms with Crippen LogP contribution in [0.3, 0.4) is 0 Å². The normalized spacial score (nSPS) is 17.5. The molecule has 44 heavy (non-hydrogen) atoms. The number of aliphatic hydroxyl groups excluding tert-OH is 1. The first-order chi connectivity index (χ1) is 21.1. The van der Waals surface area contributed by atoms with Crippen LogP contribution in [0.25, 0.3) is 0 Å². The lowest BCUT2D eigenvalue weighted by atomic mass is 9.81. The summed E-state index contributed by atoms with van der Waals surface area (Å²) in [4.78, 5) is 14.4. The number of aliphatic hydroxyl groups is 1. The first-order valence-corrected chi connectivity index (χ1v) is 17.3. The van der Waals surface area contributed by atoms with Gasteiger partial charge in [0, 0.05) is 37.3 Å². The van der Waals surface area contributed by atoms with Crippen LogP contribution < -0.4 is 19.5 Å². The van der Waals surface area contributed by atoms with Gasteiger partial charge in [0.2, 0.25) is 10.0 Å². The summed E-state index contributed by atoms with van der Waals surface area (Å²) in [6, 6.07) is 22.9. The molecule has 0 unspecified atom stereocenters. The van der Waals surface area contributed by atoms with Crippen molar-refractivity contribution in [2.75, 3.05) is 37.2 Å². The van der Waals surface area contributed by atoms with Crippen molar-refractivity contribution in [3.05, 3.63) is 89.5 Å². The molecule has 238 valence electrons. The van der Waals surface area contributed by atoms with E-state index in [1.54, 1.807) is 18.2 Å². The standard InChI is InChI=1S/C34H45N3O6S/c1-4-37(5-2)34(39)28-13-11-26(12-14-28)27-15-17-29(18-16-27)35-22-30(38)24-42-31-19-20-33(32(21-31)36-44(3,40)41)43-23-25-9-7-6-8-10-25/h6-14,19-21,27,29-30,35-36,38H,4-5,15-18,22-24H2,1-3H3/t27-,29-,30-/m0/s1. The van der Waals surface area contributed by atoms with Gasteiger partial charge in [-0.05, 0) is 80.8 Å². The molecule has 0 aliphatic heterocycles. The Morgan fingerprint density at radius 2 is 1.64 bits per heavy atom. The second-order valence-corrected chi connectivity index (χ2v) is 13.1. The van der Waals surface area contributed by atoms with E-state index in [-0.39, 0.29) is 24.8 Å². The molecule has 0 saturated heterocycles. The third-order valence-electron chi connectivity index (χ3n) is 7.97. The van der Waals surface area contributed by atoms with E-state index in [0.717, 1.165) is 43.1 Å². The van der Waals surface area contributed by atoms with Gasteiger partial charge in [-0.2, -0.15) is 0 Å². The summed E-state index contributed by atoms with van der Waals surface area (Å²) in [5.41, 5.74) is 3.24. The van der Waals surface area contributed by atoms with E-state index in [1.807, 2.05) is 61.2 Å². The van der Waals surface area contributed by atoms with E-state index in [2.05, 4.69) is 22.2 Å². The van der Waals surface area contributed by atoms with Crippen molar-refractivity contribution in [2.24, 2.45) is 0 Å². The van der Waals surface area contributed by atoms with E-state index in [9.17, 15) is 18.3 Å². The van der Waals surface area contributed by atoms with Crippen molar-refractivity contribution in [1.82, 2.24) is 10.2 Å². The zero-order chi connectivity index (χ0) is 31.5. The Hall–Kier alpha value is -3.60. The van der Waals surface area contributed by atoms with Gasteiger partial charge in [0.15, 0.2) is 0 Å². The van der Waals surface area contributed by atoms with E-state index in [0.29, 0.717) is 43.1 Å². The lowest BCUT2D eigenvalue weighted by molar-refractivity contribution is 0.0773. The first kappa shape index (κ1) is 33.3. The quantitative estimate of drug-likeness (QED) is 0.214. The largest absolute Gasteiger partial charge is 0.491 e. The predicted octanol–water partition coefficient (Wildman–Crippen LogP) is 5.17. The Kier molecular flexibility index (Phi) is 12.1. The minimum Gasteiger partial charge on any atom is -0.491 e. The highest BCUT2D eigenvalue weighted by Gasteiger charge is 2.23. The number of nitrogens with one attached hydrogen (secondary N) is 2. The SMILES string of the molecule is CCN(CC)C(=O)c1ccc([C@H]2CC[C@H](NC[C@H](O)COc3ccc(OCc4ccccc4)c(NS(C)(=O)=O)c3)CC2)cc1. The van der Waals surface area contributed by atoms with Gasteiger partial charge in [0.25, 0.3) is 5.91 Å². The first-order valence-electron chi connectivity index (χ1n) is 15.4. The summed E-state index contributed by atoms with van der Waals surface area (Å²) in [6.07, 6.45) is 4.44. The van der Waals surface area contributed by atoms with Crippen molar-refractivity contribution in [2.45, 2.75) is 64.2 Å². The molecule has 3 aromatic carbocycles. The minimum absolute atomic E-state index is 0.0590. The highest BCUT2D eigenvalue weighted by molar-refractivity contribution is 7.92. The van der Waals surface area contributed by atoms with Gasteiger partial charge in [-0.25, -0.2) is 8.42 Å². The molecule has 1 fully saturated rings. The highest BCUT2D eigenvalue weighted by atomic mass is 32.2. The van der Waals surface area contributed by atoms with Crippen LogP contribution in [0.2, 0.25) is 0 Å². The zero-order valence-electron chi connectivity index (χ0n) is 25.9. The lowest BCUT2D eigenvalue weighted by Crippen LogP contribution is -2.39. The molecule has 3 aromatic rings. The van der Waals surface area contributed by atoms with Gasteiger partial charge < -0.3 is 24.8 Å². The van der Waals surface area contributed by atoms with Gasteiger partial charge in [-0.3, -0.25) is 9.52 Å². The number of hydrogen-bond donors (Lipinski definition) is 3. The van der Waals surface area contributed by atoms with E-state index >= 15 is 0 Å². The fourth-order valence-corrected chi connectivity index (χ4v) is 6.07. The molecule has 1 saturated carbocycles. The summed E-state index contributed by atoms with van der Waals surface area (Å²) >= 11 is 0. The maximum Gasteiger partial charge on any atom is 0.253 e. The molecule has 1 atom stereocenters. The fourth-order valence-electron chi connectivity index (χ4n) is 5.52. The zero-order valence-corrected chi connectivity index (χ0v) is 26.7. The van der Waals surface area contributed by atoms with Gasteiger partial charge in [0.05, 0.1) is 11.9 Å². The smallest absolute Gasteiger partial charge is 0.253 e. The summed E-state index contributed by atoms with van der Waals surface area (Å²) in [5.74, 6) is 1.35. The van der Waals surface area contributed by atoms with Gasteiger partial charge in [-0.1, -0.05) is 42.5 Å². The third kappa shape index (κ3) is 9.97. The minimum atomic E-state index is -3.54. The number of hydrogen-bond acceptors (Lipinski definition) is 7. The second-order valence-electron chi connectivity index (χ2n) is 11.3. The number of sulfonamides is 1. The van der Waals surface area contributed by atoms with Crippen LogP contribution in [-0.4, -0.2) is 69.0 Å². The maximum atomic E-state index is 12.6. The molecule has 3 N–H and O–H groups in total. The molecule has 0 radical (unpaired) electrons. The molecular weight excluding hydrogens is 578 g/mol. The Bertz CT molecular complexity index is 1440. The molecule has 1 amide bonds.